The monoisotopic (exact) mass is 704 g/mol. The number of quaternary nitrogens is 1. The van der Waals surface area contributed by atoms with E-state index < -0.39 is 18.1 Å². The zero-order valence-corrected chi connectivity index (χ0v) is 32.5. The van der Waals surface area contributed by atoms with Gasteiger partial charge in [0.25, 0.3) is 0 Å². The average Bonchev–Trinajstić information content (AvgIpc) is 3.06. The van der Waals surface area contributed by atoms with Crippen LogP contribution in [0.15, 0.2) is 48.6 Å². The number of aliphatic carboxylic acids is 1. The molecule has 0 heterocycles. The van der Waals surface area contributed by atoms with Crippen LogP contribution in [0, 0.1) is 0 Å². The van der Waals surface area contributed by atoms with Crippen LogP contribution >= 0.6 is 0 Å². The first-order valence-electron chi connectivity index (χ1n) is 19.7. The maximum absolute atomic E-state index is 12.6. The Bertz CT molecular complexity index is 964. The first-order chi connectivity index (χ1) is 24.1. The number of rotatable bonds is 34. The molecule has 2 atom stereocenters. The zero-order valence-electron chi connectivity index (χ0n) is 32.5. The molecule has 8 nitrogen and oxygen atoms in total. The Morgan fingerprint density at radius 2 is 1.06 bits per heavy atom. The van der Waals surface area contributed by atoms with Gasteiger partial charge in [0.2, 0.25) is 0 Å². The SMILES string of the molecule is CCC/C=C\C/C=C\CCCCCCCC(=O)OCC(COCCC(C(=O)[O-])[N+](C)(C)C)OC(=O)CCCCCCC/C=C\C/C=C\CCC. The Hall–Kier alpha value is -2.71. The fourth-order valence-electron chi connectivity index (χ4n) is 5.32. The summed E-state index contributed by atoms with van der Waals surface area (Å²) in [5.41, 5.74) is 0. The van der Waals surface area contributed by atoms with Crippen molar-refractivity contribution in [2.24, 2.45) is 0 Å². The predicted octanol–water partition coefficient (Wildman–Crippen LogP) is 8.74. The van der Waals surface area contributed by atoms with E-state index >= 15 is 0 Å². The average molecular weight is 704 g/mol. The van der Waals surface area contributed by atoms with E-state index in [-0.39, 0.29) is 42.7 Å². The number of carbonyl (C=O) groups excluding carboxylic acids is 3. The van der Waals surface area contributed by atoms with Crippen LogP contribution in [0.1, 0.15) is 149 Å². The van der Waals surface area contributed by atoms with Gasteiger partial charge in [-0.25, -0.2) is 0 Å². The number of carboxylic acid groups (broad SMARTS) is 1. The van der Waals surface area contributed by atoms with Gasteiger partial charge in [-0.15, -0.1) is 0 Å². The number of likely N-dealkylation sites (N-methyl/N-ethyl adjacent to an activating group) is 1. The first kappa shape index (κ1) is 47.3. The van der Waals surface area contributed by atoms with Gasteiger partial charge in [0, 0.05) is 19.3 Å². The molecular formula is C42H73NO7. The normalized spacial score (nSPS) is 13.5. The molecule has 0 aliphatic rings. The smallest absolute Gasteiger partial charge is 0.306 e. The fraction of sp³-hybridized carbons (Fsp3) is 0.738. The highest BCUT2D eigenvalue weighted by molar-refractivity contribution is 5.70. The van der Waals surface area contributed by atoms with Crippen LogP contribution in [-0.2, 0) is 28.6 Å². The van der Waals surface area contributed by atoms with Gasteiger partial charge in [-0.05, 0) is 64.2 Å². The van der Waals surface area contributed by atoms with E-state index in [9.17, 15) is 19.5 Å². The van der Waals surface area contributed by atoms with Crippen LogP contribution in [0.5, 0.6) is 0 Å². The molecule has 0 amide bonds. The second kappa shape index (κ2) is 33.4. The van der Waals surface area contributed by atoms with Crippen molar-refractivity contribution in [3.05, 3.63) is 48.6 Å². The molecule has 8 heteroatoms. The summed E-state index contributed by atoms with van der Waals surface area (Å²) in [6.07, 6.45) is 37.0. The van der Waals surface area contributed by atoms with Crippen LogP contribution in [-0.4, -0.2) is 75.5 Å². The Labute approximate surface area is 306 Å². The van der Waals surface area contributed by atoms with Gasteiger partial charge in [-0.2, -0.15) is 0 Å². The quantitative estimate of drug-likeness (QED) is 0.0286. The second-order valence-electron chi connectivity index (χ2n) is 14.2. The molecule has 0 rings (SSSR count). The summed E-state index contributed by atoms with van der Waals surface area (Å²) in [5, 5.41) is 11.6. The molecule has 2 unspecified atom stereocenters. The molecule has 0 aromatic rings. The van der Waals surface area contributed by atoms with Crippen molar-refractivity contribution in [3.63, 3.8) is 0 Å². The molecule has 0 aromatic carbocycles. The molecule has 0 N–H and O–H groups in total. The number of ether oxygens (including phenoxy) is 3. The molecule has 288 valence electrons. The highest BCUT2D eigenvalue weighted by Gasteiger charge is 2.25. The first-order valence-corrected chi connectivity index (χ1v) is 19.7. The van der Waals surface area contributed by atoms with E-state index in [4.69, 9.17) is 14.2 Å². The summed E-state index contributed by atoms with van der Waals surface area (Å²) in [7, 11) is 5.38. The molecule has 0 radical (unpaired) electrons. The molecule has 50 heavy (non-hydrogen) atoms. The van der Waals surface area contributed by atoms with E-state index in [1.54, 1.807) is 21.1 Å². The van der Waals surface area contributed by atoms with E-state index in [2.05, 4.69) is 62.5 Å². The summed E-state index contributed by atoms with van der Waals surface area (Å²) in [5.74, 6) is -1.78. The summed E-state index contributed by atoms with van der Waals surface area (Å²) in [6, 6.07) is -0.730. The molecule has 0 aliphatic heterocycles. The van der Waals surface area contributed by atoms with Crippen LogP contribution < -0.4 is 5.11 Å². The van der Waals surface area contributed by atoms with Crippen molar-refractivity contribution in [1.82, 2.24) is 0 Å². The zero-order chi connectivity index (χ0) is 37.1. The van der Waals surface area contributed by atoms with Gasteiger partial charge in [0.15, 0.2) is 6.10 Å². The highest BCUT2D eigenvalue weighted by Crippen LogP contribution is 2.12. The van der Waals surface area contributed by atoms with Gasteiger partial charge >= 0.3 is 11.9 Å². The van der Waals surface area contributed by atoms with Crippen LogP contribution in [0.4, 0.5) is 0 Å². The van der Waals surface area contributed by atoms with Crippen molar-refractivity contribution >= 4 is 17.9 Å². The number of allylic oxidation sites excluding steroid dienone is 8. The molecule has 0 saturated heterocycles. The molecule has 0 fully saturated rings. The Morgan fingerprint density at radius 3 is 1.54 bits per heavy atom. The second-order valence-corrected chi connectivity index (χ2v) is 14.2. The van der Waals surface area contributed by atoms with E-state index in [0.29, 0.717) is 12.8 Å². The molecule has 0 aromatic heterocycles. The van der Waals surface area contributed by atoms with Crippen molar-refractivity contribution in [1.29, 1.82) is 0 Å². The van der Waals surface area contributed by atoms with E-state index in [0.717, 1.165) is 103 Å². The van der Waals surface area contributed by atoms with Gasteiger partial charge < -0.3 is 28.6 Å². The number of hydrogen-bond donors (Lipinski definition) is 0. The maximum atomic E-state index is 12.6. The minimum absolute atomic E-state index is 0.0291. The summed E-state index contributed by atoms with van der Waals surface area (Å²) < 4.78 is 17.1. The van der Waals surface area contributed by atoms with Crippen molar-refractivity contribution < 1.29 is 38.2 Å². The molecule has 0 aliphatic carbocycles. The predicted molar refractivity (Wildman–Crippen MR) is 203 cm³/mol. The van der Waals surface area contributed by atoms with E-state index in [1.165, 1.54) is 12.8 Å². The minimum Gasteiger partial charge on any atom is -0.544 e. The number of unbranched alkanes of at least 4 members (excludes halogenated alkanes) is 12. The molecule has 0 saturated carbocycles. The lowest BCUT2D eigenvalue weighted by Gasteiger charge is -2.34. The number of carboxylic acids is 1. The summed E-state index contributed by atoms with van der Waals surface area (Å²) in [4.78, 5) is 36.7. The molecule has 0 bridgehead atoms. The highest BCUT2D eigenvalue weighted by atomic mass is 16.6. The van der Waals surface area contributed by atoms with Crippen molar-refractivity contribution in [2.75, 3.05) is 41.0 Å². The van der Waals surface area contributed by atoms with Gasteiger partial charge in [0.05, 0.1) is 40.3 Å². The van der Waals surface area contributed by atoms with Crippen LogP contribution in [0.2, 0.25) is 0 Å². The third-order valence-electron chi connectivity index (χ3n) is 8.40. The topological polar surface area (TPSA) is 102 Å². The number of hydrogen-bond acceptors (Lipinski definition) is 7. The third-order valence-corrected chi connectivity index (χ3v) is 8.40. The van der Waals surface area contributed by atoms with Crippen molar-refractivity contribution in [3.8, 4) is 0 Å². The Morgan fingerprint density at radius 1 is 0.600 bits per heavy atom. The summed E-state index contributed by atoms with van der Waals surface area (Å²) >= 11 is 0. The standard InChI is InChI=1S/C42H73NO7/c1-6-8-10-12-14-16-18-20-22-24-26-28-30-32-40(44)49-37-38(36-48-35-34-39(42(46)47)43(3,4)5)50-41(45)33-31-29-27-25-23-21-19-17-15-13-11-9-7-2/h10-13,16-19,38-39H,6-9,14-15,20-37H2,1-5H3/b12-10-,13-11-,18-16-,19-17-. The number of nitrogens with zero attached hydrogens (tertiary/aromatic N) is 1. The lowest BCUT2D eigenvalue weighted by molar-refractivity contribution is -0.889. The lowest BCUT2D eigenvalue weighted by atomic mass is 10.1. The largest absolute Gasteiger partial charge is 0.544 e. The van der Waals surface area contributed by atoms with Gasteiger partial charge in [-0.1, -0.05) is 114 Å². The fourth-order valence-corrected chi connectivity index (χ4v) is 5.32. The van der Waals surface area contributed by atoms with Crippen LogP contribution in [0.3, 0.4) is 0 Å². The van der Waals surface area contributed by atoms with Gasteiger partial charge in [-0.3, -0.25) is 9.59 Å². The van der Waals surface area contributed by atoms with Gasteiger partial charge in [0.1, 0.15) is 12.6 Å². The minimum atomic E-state index is -1.13. The Balaban J connectivity index is 4.46. The maximum Gasteiger partial charge on any atom is 0.306 e. The lowest BCUT2D eigenvalue weighted by Crippen LogP contribution is -2.55. The number of esters is 2. The molecule has 0 spiro atoms. The Kier molecular flexibility index (Phi) is 31.6. The van der Waals surface area contributed by atoms with Crippen molar-refractivity contribution in [2.45, 2.75) is 161 Å². The third kappa shape index (κ3) is 31.3. The molecular weight excluding hydrogens is 630 g/mol. The summed E-state index contributed by atoms with van der Waals surface area (Å²) in [6.45, 7) is 4.48. The van der Waals surface area contributed by atoms with E-state index in [1.807, 2.05) is 0 Å². The number of carbonyl (C=O) groups is 3. The van der Waals surface area contributed by atoms with Crippen LogP contribution in [0.25, 0.3) is 0 Å².